The average molecular weight is 406 g/mol. The van der Waals surface area contributed by atoms with Gasteiger partial charge < -0.3 is 10.6 Å². The van der Waals surface area contributed by atoms with Crippen LogP contribution in [0, 0.1) is 13.8 Å². The summed E-state index contributed by atoms with van der Waals surface area (Å²) in [6.07, 6.45) is 5.74. The first-order valence-electron chi connectivity index (χ1n) is 10.2. The Morgan fingerprint density at radius 3 is 2.37 bits per heavy atom. The molecule has 156 valence electrons. The third-order valence-corrected chi connectivity index (χ3v) is 5.05. The van der Waals surface area contributed by atoms with Gasteiger partial charge in [-0.05, 0) is 57.0 Å². The Hall–Kier alpha value is -3.49. The van der Waals surface area contributed by atoms with Crippen molar-refractivity contribution in [3.05, 3.63) is 41.7 Å². The van der Waals surface area contributed by atoms with E-state index in [2.05, 4.69) is 41.1 Å². The highest BCUT2D eigenvalue weighted by molar-refractivity contribution is 5.89. The number of aryl methyl sites for hydroxylation is 2. The molecule has 30 heavy (non-hydrogen) atoms. The molecule has 0 aliphatic heterocycles. The van der Waals surface area contributed by atoms with Crippen molar-refractivity contribution < 1.29 is 4.79 Å². The molecular weight excluding hydrogens is 380 g/mol. The number of H-pyrrole nitrogens is 1. The Labute approximate surface area is 175 Å². The number of aromatic nitrogens is 5. The lowest BCUT2D eigenvalue weighted by Gasteiger charge is -2.22. The number of nitrogens with zero attached hydrogens (tertiary/aromatic N) is 4. The fourth-order valence-electron chi connectivity index (χ4n) is 3.64. The molecule has 1 saturated carbocycles. The molecule has 0 spiro atoms. The highest BCUT2D eigenvalue weighted by atomic mass is 16.2. The van der Waals surface area contributed by atoms with E-state index in [1.54, 1.807) is 0 Å². The first-order valence-corrected chi connectivity index (χ1v) is 10.2. The zero-order valence-electron chi connectivity index (χ0n) is 17.2. The second-order valence-corrected chi connectivity index (χ2v) is 7.62. The normalized spacial score (nSPS) is 14.3. The number of rotatable bonds is 5. The molecule has 0 unspecified atom stereocenters. The van der Waals surface area contributed by atoms with E-state index in [1.165, 1.54) is 19.3 Å². The van der Waals surface area contributed by atoms with Gasteiger partial charge in [0.25, 0.3) is 0 Å². The molecule has 1 fully saturated rings. The van der Waals surface area contributed by atoms with Crippen LogP contribution in [0.3, 0.4) is 0 Å². The van der Waals surface area contributed by atoms with Crippen LogP contribution in [0.1, 0.15) is 43.5 Å². The molecule has 4 N–H and O–H groups in total. The molecule has 2 amide bonds. The van der Waals surface area contributed by atoms with E-state index in [-0.39, 0.29) is 12.1 Å². The topological polar surface area (TPSA) is 121 Å². The van der Waals surface area contributed by atoms with Gasteiger partial charge in [-0.3, -0.25) is 10.4 Å². The predicted molar refractivity (Wildman–Crippen MR) is 116 cm³/mol. The van der Waals surface area contributed by atoms with Crippen LogP contribution in [0.2, 0.25) is 0 Å². The number of aromatic amines is 1. The highest BCUT2D eigenvalue weighted by Gasteiger charge is 2.15. The van der Waals surface area contributed by atoms with Gasteiger partial charge in [0, 0.05) is 28.7 Å². The molecule has 0 atom stereocenters. The second kappa shape index (κ2) is 8.89. The van der Waals surface area contributed by atoms with Crippen molar-refractivity contribution in [2.24, 2.45) is 0 Å². The Kier molecular flexibility index (Phi) is 5.87. The molecule has 1 aromatic carbocycles. The van der Waals surface area contributed by atoms with E-state index in [0.717, 1.165) is 35.5 Å². The number of benzene rings is 1. The quantitative estimate of drug-likeness (QED) is 0.507. The van der Waals surface area contributed by atoms with Gasteiger partial charge in [-0.15, -0.1) is 5.10 Å². The first-order chi connectivity index (χ1) is 14.5. The molecule has 2 heterocycles. The second-order valence-electron chi connectivity index (χ2n) is 7.62. The van der Waals surface area contributed by atoms with Gasteiger partial charge in [-0.1, -0.05) is 19.3 Å². The van der Waals surface area contributed by atoms with Crippen LogP contribution >= 0.6 is 0 Å². The van der Waals surface area contributed by atoms with Crippen molar-refractivity contribution in [2.45, 2.75) is 52.0 Å². The number of carbonyl (C=O) groups is 1. The van der Waals surface area contributed by atoms with Gasteiger partial charge in [-0.2, -0.15) is 4.98 Å². The molecule has 1 aliphatic carbocycles. The minimum Gasteiger partial charge on any atom is -0.335 e. The van der Waals surface area contributed by atoms with Crippen molar-refractivity contribution in [3.8, 4) is 11.4 Å². The molecule has 0 radical (unpaired) electrons. The van der Waals surface area contributed by atoms with Gasteiger partial charge in [0.05, 0.1) is 0 Å². The van der Waals surface area contributed by atoms with E-state index >= 15 is 0 Å². The number of amides is 2. The standard InChI is InChI=1S/C21H26N8O/c1-13-12-14(2)23-19(22-13)27-20-26-18(28-29-20)15-8-10-17(11-9-15)25-21(30)24-16-6-4-3-5-7-16/h8-12,16H,3-7H2,1-2H3,(H2,24,25,30)(H2,22,23,26,27,28,29). The van der Waals surface area contributed by atoms with Gasteiger partial charge in [0.15, 0.2) is 5.82 Å². The Morgan fingerprint density at radius 1 is 0.967 bits per heavy atom. The van der Waals surface area contributed by atoms with Gasteiger partial charge in [0.1, 0.15) is 0 Å². The maximum absolute atomic E-state index is 12.2. The number of hydrogen-bond donors (Lipinski definition) is 4. The number of urea groups is 1. The third-order valence-electron chi connectivity index (χ3n) is 5.05. The average Bonchev–Trinajstić information content (AvgIpc) is 3.17. The van der Waals surface area contributed by atoms with Crippen LogP contribution in [0.4, 0.5) is 22.4 Å². The van der Waals surface area contributed by atoms with Crippen LogP contribution in [0.5, 0.6) is 0 Å². The molecule has 0 saturated heterocycles. The summed E-state index contributed by atoms with van der Waals surface area (Å²) in [4.78, 5) is 25.3. The Balaban J connectivity index is 1.36. The lowest BCUT2D eigenvalue weighted by atomic mass is 9.96. The van der Waals surface area contributed by atoms with Gasteiger partial charge in [0.2, 0.25) is 11.9 Å². The lowest BCUT2D eigenvalue weighted by Crippen LogP contribution is -2.38. The van der Waals surface area contributed by atoms with Crippen LogP contribution in [-0.2, 0) is 0 Å². The monoisotopic (exact) mass is 406 g/mol. The van der Waals surface area contributed by atoms with E-state index < -0.39 is 0 Å². The summed E-state index contributed by atoms with van der Waals surface area (Å²) < 4.78 is 0. The van der Waals surface area contributed by atoms with Crippen LogP contribution in [-0.4, -0.2) is 37.2 Å². The maximum Gasteiger partial charge on any atom is 0.319 e. The Bertz CT molecular complexity index is 988. The summed E-state index contributed by atoms with van der Waals surface area (Å²) in [5, 5.41) is 16.0. The molecule has 9 heteroatoms. The molecule has 1 aliphatic rings. The van der Waals surface area contributed by atoms with Crippen LogP contribution < -0.4 is 16.0 Å². The fourth-order valence-corrected chi connectivity index (χ4v) is 3.64. The van der Waals surface area contributed by atoms with E-state index in [1.807, 2.05) is 44.2 Å². The third kappa shape index (κ3) is 5.11. The molecule has 9 nitrogen and oxygen atoms in total. The summed E-state index contributed by atoms with van der Waals surface area (Å²) in [7, 11) is 0. The molecule has 3 aromatic rings. The summed E-state index contributed by atoms with van der Waals surface area (Å²) in [6.45, 7) is 3.82. The number of anilines is 3. The van der Waals surface area contributed by atoms with Gasteiger partial charge >= 0.3 is 6.03 Å². The van der Waals surface area contributed by atoms with E-state index in [0.29, 0.717) is 17.7 Å². The number of hydrogen-bond acceptors (Lipinski definition) is 6. The highest BCUT2D eigenvalue weighted by Crippen LogP contribution is 2.21. The predicted octanol–water partition coefficient (Wildman–Crippen LogP) is 4.08. The zero-order chi connectivity index (χ0) is 20.9. The SMILES string of the molecule is Cc1cc(C)nc(Nc2n[nH]c(-c3ccc(NC(=O)NC4CCCCC4)cc3)n2)n1. The first kappa shape index (κ1) is 19.8. The molecular formula is C21H26N8O. The van der Waals surface area contributed by atoms with Crippen LogP contribution in [0.15, 0.2) is 30.3 Å². The lowest BCUT2D eigenvalue weighted by molar-refractivity contribution is 0.244. The van der Waals surface area contributed by atoms with Crippen molar-refractivity contribution in [2.75, 3.05) is 10.6 Å². The van der Waals surface area contributed by atoms with Crippen molar-refractivity contribution in [1.29, 1.82) is 0 Å². The van der Waals surface area contributed by atoms with Crippen LogP contribution in [0.25, 0.3) is 11.4 Å². The number of nitrogens with one attached hydrogen (secondary N) is 4. The maximum atomic E-state index is 12.2. The van der Waals surface area contributed by atoms with Crippen molar-refractivity contribution in [3.63, 3.8) is 0 Å². The summed E-state index contributed by atoms with van der Waals surface area (Å²) >= 11 is 0. The summed E-state index contributed by atoms with van der Waals surface area (Å²) in [6, 6.07) is 9.48. The summed E-state index contributed by atoms with van der Waals surface area (Å²) in [5.74, 6) is 1.46. The minimum atomic E-state index is -0.158. The fraction of sp³-hybridized carbons (Fsp3) is 0.381. The largest absolute Gasteiger partial charge is 0.335 e. The number of carbonyl (C=O) groups excluding carboxylic acids is 1. The zero-order valence-corrected chi connectivity index (χ0v) is 17.2. The van der Waals surface area contributed by atoms with Crippen molar-refractivity contribution in [1.82, 2.24) is 30.5 Å². The minimum absolute atomic E-state index is 0.158. The smallest absolute Gasteiger partial charge is 0.319 e. The van der Waals surface area contributed by atoms with E-state index in [4.69, 9.17) is 0 Å². The Morgan fingerprint density at radius 2 is 1.67 bits per heavy atom. The van der Waals surface area contributed by atoms with Gasteiger partial charge in [-0.25, -0.2) is 14.8 Å². The molecule has 2 aromatic heterocycles. The molecule has 0 bridgehead atoms. The van der Waals surface area contributed by atoms with E-state index in [9.17, 15) is 4.79 Å². The summed E-state index contributed by atoms with van der Waals surface area (Å²) in [5.41, 5.74) is 3.33. The molecule has 4 rings (SSSR count). The van der Waals surface area contributed by atoms with Crippen molar-refractivity contribution >= 4 is 23.6 Å².